The smallest absolute Gasteiger partial charge is 0.234 e. The molecular formula is C8H7N3O. The van der Waals surface area contributed by atoms with Gasteiger partial charge in [-0.3, -0.25) is 9.20 Å². The number of rotatable bonds is 1. The SMILES string of the molecule is CC(=O)c1cn2cccnc2n1. The third-order valence-corrected chi connectivity index (χ3v) is 1.60. The quantitative estimate of drug-likeness (QED) is 0.584. The predicted octanol–water partition coefficient (Wildman–Crippen LogP) is 0.932. The van der Waals surface area contributed by atoms with Gasteiger partial charge in [-0.15, -0.1) is 0 Å². The summed E-state index contributed by atoms with van der Waals surface area (Å²) in [5, 5.41) is 0. The fourth-order valence-electron chi connectivity index (χ4n) is 1.000. The maximum absolute atomic E-state index is 10.9. The zero-order valence-corrected chi connectivity index (χ0v) is 6.56. The van der Waals surface area contributed by atoms with E-state index in [4.69, 9.17) is 0 Å². The molecule has 0 spiro atoms. The highest BCUT2D eigenvalue weighted by Crippen LogP contribution is 2.01. The maximum Gasteiger partial charge on any atom is 0.234 e. The molecule has 0 amide bonds. The Morgan fingerprint density at radius 3 is 3.08 bits per heavy atom. The van der Waals surface area contributed by atoms with Crippen molar-refractivity contribution in [1.29, 1.82) is 0 Å². The summed E-state index contributed by atoms with van der Waals surface area (Å²) in [6.45, 7) is 1.49. The molecule has 0 aliphatic heterocycles. The van der Waals surface area contributed by atoms with Crippen molar-refractivity contribution in [1.82, 2.24) is 14.4 Å². The molecule has 0 unspecified atom stereocenters. The number of hydrogen-bond acceptors (Lipinski definition) is 3. The van der Waals surface area contributed by atoms with E-state index in [2.05, 4.69) is 9.97 Å². The molecule has 0 aliphatic carbocycles. The average molecular weight is 161 g/mol. The molecule has 2 aromatic rings. The number of aromatic nitrogens is 3. The number of Topliss-reactive ketones (excluding diaryl/α,β-unsaturated/α-hetero) is 1. The average Bonchev–Trinajstić information content (AvgIpc) is 2.46. The topological polar surface area (TPSA) is 47.3 Å². The summed E-state index contributed by atoms with van der Waals surface area (Å²) in [6.07, 6.45) is 5.12. The predicted molar refractivity (Wildman–Crippen MR) is 43.0 cm³/mol. The van der Waals surface area contributed by atoms with Gasteiger partial charge in [-0.05, 0) is 6.07 Å². The van der Waals surface area contributed by atoms with E-state index in [0.717, 1.165) is 0 Å². The second-order valence-electron chi connectivity index (χ2n) is 2.51. The van der Waals surface area contributed by atoms with Gasteiger partial charge in [0.1, 0.15) is 5.69 Å². The van der Waals surface area contributed by atoms with E-state index in [1.54, 1.807) is 22.9 Å². The van der Waals surface area contributed by atoms with Crippen LogP contribution in [0, 0.1) is 0 Å². The van der Waals surface area contributed by atoms with Crippen molar-refractivity contribution in [2.24, 2.45) is 0 Å². The highest BCUT2D eigenvalue weighted by atomic mass is 16.1. The first kappa shape index (κ1) is 6.97. The molecule has 2 heterocycles. The number of nitrogens with zero attached hydrogens (tertiary/aromatic N) is 3. The Bertz CT molecular complexity index is 400. The van der Waals surface area contributed by atoms with E-state index >= 15 is 0 Å². The molecule has 0 fully saturated rings. The molecule has 4 nitrogen and oxygen atoms in total. The van der Waals surface area contributed by atoms with E-state index < -0.39 is 0 Å². The standard InChI is InChI=1S/C8H7N3O/c1-6(12)7-5-11-4-2-3-9-8(11)10-7/h2-5H,1H3. The minimum absolute atomic E-state index is 0.0412. The second kappa shape index (κ2) is 2.41. The molecule has 0 aliphatic rings. The molecule has 0 bridgehead atoms. The lowest BCUT2D eigenvalue weighted by Gasteiger charge is -1.85. The van der Waals surface area contributed by atoms with Crippen LogP contribution in [0.25, 0.3) is 5.78 Å². The van der Waals surface area contributed by atoms with Crippen LogP contribution < -0.4 is 0 Å². The molecule has 0 N–H and O–H groups in total. The van der Waals surface area contributed by atoms with Gasteiger partial charge in [0.25, 0.3) is 0 Å². The first-order valence-electron chi connectivity index (χ1n) is 3.58. The third-order valence-electron chi connectivity index (χ3n) is 1.60. The summed E-state index contributed by atoms with van der Waals surface area (Å²) in [5.41, 5.74) is 0.453. The van der Waals surface area contributed by atoms with E-state index in [1.807, 2.05) is 6.20 Å². The number of ketones is 1. The number of hydrogen-bond donors (Lipinski definition) is 0. The summed E-state index contributed by atoms with van der Waals surface area (Å²) >= 11 is 0. The van der Waals surface area contributed by atoms with Crippen molar-refractivity contribution in [2.75, 3.05) is 0 Å². The lowest BCUT2D eigenvalue weighted by atomic mass is 10.3. The van der Waals surface area contributed by atoms with Gasteiger partial charge in [-0.25, -0.2) is 9.97 Å². The Balaban J connectivity index is 2.70. The zero-order valence-electron chi connectivity index (χ0n) is 6.56. The summed E-state index contributed by atoms with van der Waals surface area (Å²) in [7, 11) is 0. The molecular weight excluding hydrogens is 154 g/mol. The van der Waals surface area contributed by atoms with E-state index in [1.165, 1.54) is 6.92 Å². The van der Waals surface area contributed by atoms with Crippen LogP contribution in [0.4, 0.5) is 0 Å². The van der Waals surface area contributed by atoms with Gasteiger partial charge in [0.15, 0.2) is 5.78 Å². The van der Waals surface area contributed by atoms with E-state index in [-0.39, 0.29) is 5.78 Å². The number of imidazole rings is 1. The minimum Gasteiger partial charge on any atom is -0.293 e. The first-order valence-corrected chi connectivity index (χ1v) is 3.58. The van der Waals surface area contributed by atoms with Gasteiger partial charge >= 0.3 is 0 Å². The Morgan fingerprint density at radius 1 is 1.58 bits per heavy atom. The molecule has 60 valence electrons. The van der Waals surface area contributed by atoms with Gasteiger partial charge in [0, 0.05) is 25.5 Å². The third kappa shape index (κ3) is 0.972. The summed E-state index contributed by atoms with van der Waals surface area (Å²) < 4.78 is 1.72. The van der Waals surface area contributed by atoms with Crippen molar-refractivity contribution in [3.63, 3.8) is 0 Å². The van der Waals surface area contributed by atoms with Crippen molar-refractivity contribution in [3.05, 3.63) is 30.4 Å². The summed E-state index contributed by atoms with van der Waals surface area (Å²) in [5.74, 6) is 0.517. The van der Waals surface area contributed by atoms with E-state index in [0.29, 0.717) is 11.5 Å². The molecule has 0 aromatic carbocycles. The Morgan fingerprint density at radius 2 is 2.42 bits per heavy atom. The molecule has 0 atom stereocenters. The monoisotopic (exact) mass is 161 g/mol. The highest BCUT2D eigenvalue weighted by Gasteiger charge is 2.04. The van der Waals surface area contributed by atoms with E-state index in [9.17, 15) is 4.79 Å². The van der Waals surface area contributed by atoms with Gasteiger partial charge < -0.3 is 0 Å². The van der Waals surface area contributed by atoms with Crippen LogP contribution in [0.5, 0.6) is 0 Å². The number of carbonyl (C=O) groups excluding carboxylic acids is 1. The second-order valence-corrected chi connectivity index (χ2v) is 2.51. The van der Waals surface area contributed by atoms with Crippen LogP contribution in [-0.2, 0) is 0 Å². The molecule has 0 saturated heterocycles. The Kier molecular flexibility index (Phi) is 1.40. The molecule has 2 aromatic heterocycles. The summed E-state index contributed by atoms with van der Waals surface area (Å²) in [4.78, 5) is 18.9. The normalized spacial score (nSPS) is 10.4. The highest BCUT2D eigenvalue weighted by molar-refractivity contribution is 5.92. The fourth-order valence-corrected chi connectivity index (χ4v) is 1.000. The molecule has 0 radical (unpaired) electrons. The van der Waals surface area contributed by atoms with Crippen LogP contribution in [-0.4, -0.2) is 20.2 Å². The van der Waals surface area contributed by atoms with Crippen molar-refractivity contribution < 1.29 is 4.79 Å². The maximum atomic E-state index is 10.9. The summed E-state index contributed by atoms with van der Waals surface area (Å²) in [6, 6.07) is 1.79. The molecule has 0 saturated carbocycles. The largest absolute Gasteiger partial charge is 0.293 e. The fraction of sp³-hybridized carbons (Fsp3) is 0.125. The van der Waals surface area contributed by atoms with Crippen LogP contribution in [0.3, 0.4) is 0 Å². The van der Waals surface area contributed by atoms with Crippen LogP contribution in [0.1, 0.15) is 17.4 Å². The van der Waals surface area contributed by atoms with Crippen molar-refractivity contribution >= 4 is 11.6 Å². The first-order chi connectivity index (χ1) is 5.77. The zero-order chi connectivity index (χ0) is 8.55. The van der Waals surface area contributed by atoms with Gasteiger partial charge in [-0.1, -0.05) is 0 Å². The van der Waals surface area contributed by atoms with Crippen molar-refractivity contribution in [3.8, 4) is 0 Å². The van der Waals surface area contributed by atoms with Crippen molar-refractivity contribution in [2.45, 2.75) is 6.92 Å². The van der Waals surface area contributed by atoms with Gasteiger partial charge in [-0.2, -0.15) is 0 Å². The lowest BCUT2D eigenvalue weighted by molar-refractivity contribution is 0.101. The molecule has 2 rings (SSSR count). The molecule has 4 heteroatoms. The molecule has 12 heavy (non-hydrogen) atoms. The van der Waals surface area contributed by atoms with Crippen LogP contribution >= 0.6 is 0 Å². The number of carbonyl (C=O) groups is 1. The Labute approximate surface area is 68.9 Å². The van der Waals surface area contributed by atoms with Gasteiger partial charge in [0.05, 0.1) is 0 Å². The number of fused-ring (bicyclic) bond motifs is 1. The lowest BCUT2D eigenvalue weighted by Crippen LogP contribution is -1.90. The van der Waals surface area contributed by atoms with Crippen LogP contribution in [0.15, 0.2) is 24.7 Å². The van der Waals surface area contributed by atoms with Crippen LogP contribution in [0.2, 0.25) is 0 Å². The Hall–Kier alpha value is -1.71. The van der Waals surface area contributed by atoms with Gasteiger partial charge in [0.2, 0.25) is 5.78 Å². The minimum atomic E-state index is -0.0412.